The van der Waals surface area contributed by atoms with Crippen molar-refractivity contribution in [3.05, 3.63) is 101 Å². The van der Waals surface area contributed by atoms with Gasteiger partial charge in [-0.05, 0) is 54.8 Å². The molecule has 5 heteroatoms. The Morgan fingerprint density at radius 2 is 1.73 bits per heavy atom. The first-order valence-corrected chi connectivity index (χ1v) is 9.93. The number of benzene rings is 2. The third kappa shape index (κ3) is 4.20. The predicted octanol–water partition coefficient (Wildman–Crippen LogP) is 5.46. The number of carbonyl (C=O) groups is 1. The van der Waals surface area contributed by atoms with Gasteiger partial charge >= 0.3 is 0 Å². The molecule has 0 aliphatic rings. The summed E-state index contributed by atoms with van der Waals surface area (Å²) in [5.74, 6) is 1.08. The Bertz CT molecular complexity index is 1180. The summed E-state index contributed by atoms with van der Waals surface area (Å²) in [7, 11) is 0. The fraction of sp³-hybridized carbons (Fsp3) is 0.200. The standard InChI is InChI=1S/C25H23N3O2/c1-16-6-4-5-7-22(16)23(15-24(29)21-12-13-26-17(2)14-21)19-8-10-20(11-9-19)25-28-27-18(3)30-25/h4-14,23H,15H2,1-3H3. The van der Waals surface area contributed by atoms with Crippen LogP contribution >= 0.6 is 0 Å². The van der Waals surface area contributed by atoms with Crippen molar-refractivity contribution in [3.8, 4) is 11.5 Å². The van der Waals surface area contributed by atoms with Crippen LogP contribution in [-0.4, -0.2) is 21.0 Å². The maximum absolute atomic E-state index is 13.1. The van der Waals surface area contributed by atoms with Crippen LogP contribution in [0.5, 0.6) is 0 Å². The van der Waals surface area contributed by atoms with Crippen molar-refractivity contribution in [3.63, 3.8) is 0 Å². The summed E-state index contributed by atoms with van der Waals surface area (Å²) in [5.41, 5.74) is 5.78. The Morgan fingerprint density at radius 3 is 2.40 bits per heavy atom. The van der Waals surface area contributed by atoms with E-state index in [1.165, 1.54) is 0 Å². The number of pyridine rings is 1. The van der Waals surface area contributed by atoms with Crippen molar-refractivity contribution in [2.24, 2.45) is 0 Å². The third-order valence-electron chi connectivity index (χ3n) is 5.26. The van der Waals surface area contributed by atoms with Gasteiger partial charge in [0, 0.05) is 42.3 Å². The molecule has 2 aromatic heterocycles. The molecule has 1 atom stereocenters. The smallest absolute Gasteiger partial charge is 0.247 e. The van der Waals surface area contributed by atoms with Gasteiger partial charge in [0.05, 0.1) is 0 Å². The monoisotopic (exact) mass is 397 g/mol. The second-order valence-corrected chi connectivity index (χ2v) is 7.47. The quantitative estimate of drug-likeness (QED) is 0.404. The van der Waals surface area contributed by atoms with Crippen LogP contribution in [0.25, 0.3) is 11.5 Å². The fourth-order valence-electron chi connectivity index (χ4n) is 3.68. The lowest BCUT2D eigenvalue weighted by Gasteiger charge is -2.20. The number of hydrogen-bond acceptors (Lipinski definition) is 5. The number of aryl methyl sites for hydroxylation is 3. The van der Waals surface area contributed by atoms with E-state index in [1.807, 2.05) is 49.4 Å². The molecule has 1 unspecified atom stereocenters. The van der Waals surface area contributed by atoms with Gasteiger partial charge in [0.1, 0.15) is 0 Å². The zero-order chi connectivity index (χ0) is 21.1. The Morgan fingerprint density at radius 1 is 0.967 bits per heavy atom. The minimum absolute atomic E-state index is 0.0503. The van der Waals surface area contributed by atoms with Crippen LogP contribution in [-0.2, 0) is 0 Å². The van der Waals surface area contributed by atoms with Crippen molar-refractivity contribution in [1.82, 2.24) is 15.2 Å². The first kappa shape index (κ1) is 19.7. The van der Waals surface area contributed by atoms with E-state index in [-0.39, 0.29) is 11.7 Å². The SMILES string of the molecule is Cc1cc(C(=O)CC(c2ccc(-c3nnc(C)o3)cc2)c2ccccc2C)ccn1. The minimum atomic E-state index is -0.0503. The Labute approximate surface area is 175 Å². The van der Waals surface area contributed by atoms with Gasteiger partial charge in [-0.3, -0.25) is 9.78 Å². The molecule has 5 nitrogen and oxygen atoms in total. The lowest BCUT2D eigenvalue weighted by atomic mass is 9.83. The van der Waals surface area contributed by atoms with Gasteiger partial charge in [-0.2, -0.15) is 0 Å². The van der Waals surface area contributed by atoms with E-state index in [0.717, 1.165) is 27.9 Å². The van der Waals surface area contributed by atoms with Gasteiger partial charge in [0.2, 0.25) is 11.8 Å². The highest BCUT2D eigenvalue weighted by atomic mass is 16.4. The van der Waals surface area contributed by atoms with Gasteiger partial charge in [-0.25, -0.2) is 0 Å². The molecule has 150 valence electrons. The van der Waals surface area contributed by atoms with E-state index in [1.54, 1.807) is 19.2 Å². The van der Waals surface area contributed by atoms with Crippen LogP contribution in [0.1, 0.15) is 51.0 Å². The van der Waals surface area contributed by atoms with Crippen LogP contribution in [0.15, 0.2) is 71.3 Å². The topological polar surface area (TPSA) is 68.9 Å². The van der Waals surface area contributed by atoms with Crippen molar-refractivity contribution in [1.29, 1.82) is 0 Å². The first-order chi connectivity index (χ1) is 14.5. The third-order valence-corrected chi connectivity index (χ3v) is 5.26. The zero-order valence-electron chi connectivity index (χ0n) is 17.3. The van der Waals surface area contributed by atoms with Gasteiger partial charge in [0.25, 0.3) is 0 Å². The number of Topliss-reactive ketones (excluding diaryl/α,β-unsaturated/α-hetero) is 1. The van der Waals surface area contributed by atoms with E-state index in [9.17, 15) is 4.79 Å². The zero-order valence-corrected chi connectivity index (χ0v) is 17.3. The second-order valence-electron chi connectivity index (χ2n) is 7.47. The molecule has 30 heavy (non-hydrogen) atoms. The molecular weight excluding hydrogens is 374 g/mol. The largest absolute Gasteiger partial charge is 0.421 e. The van der Waals surface area contributed by atoms with Crippen molar-refractivity contribution >= 4 is 5.78 Å². The highest BCUT2D eigenvalue weighted by molar-refractivity contribution is 5.96. The second kappa shape index (κ2) is 8.41. The van der Waals surface area contributed by atoms with Gasteiger partial charge < -0.3 is 4.42 Å². The minimum Gasteiger partial charge on any atom is -0.421 e. The van der Waals surface area contributed by atoms with Gasteiger partial charge in [0.15, 0.2) is 5.78 Å². The predicted molar refractivity (Wildman–Crippen MR) is 115 cm³/mol. The summed E-state index contributed by atoms with van der Waals surface area (Å²) in [5, 5.41) is 7.98. The number of aromatic nitrogens is 3. The van der Waals surface area contributed by atoms with Crippen molar-refractivity contribution in [2.45, 2.75) is 33.1 Å². The van der Waals surface area contributed by atoms with E-state index in [4.69, 9.17) is 4.42 Å². The number of ketones is 1. The van der Waals surface area contributed by atoms with E-state index < -0.39 is 0 Å². The summed E-state index contributed by atoms with van der Waals surface area (Å²) in [6.45, 7) is 5.75. The fourth-order valence-corrected chi connectivity index (χ4v) is 3.68. The summed E-state index contributed by atoms with van der Waals surface area (Å²) >= 11 is 0. The van der Waals surface area contributed by atoms with Crippen LogP contribution in [0.4, 0.5) is 0 Å². The maximum atomic E-state index is 13.1. The highest BCUT2D eigenvalue weighted by Gasteiger charge is 2.21. The summed E-state index contributed by atoms with van der Waals surface area (Å²) in [6.07, 6.45) is 2.07. The molecule has 0 fully saturated rings. The lowest BCUT2D eigenvalue weighted by molar-refractivity contribution is 0.0977. The molecule has 0 bridgehead atoms. The number of hydrogen-bond donors (Lipinski definition) is 0. The molecule has 0 aliphatic carbocycles. The van der Waals surface area contributed by atoms with E-state index >= 15 is 0 Å². The average Bonchev–Trinajstić information content (AvgIpc) is 3.19. The molecule has 0 aliphatic heterocycles. The van der Waals surface area contributed by atoms with Crippen LogP contribution in [0.2, 0.25) is 0 Å². The number of carbonyl (C=O) groups excluding carboxylic acids is 1. The summed E-state index contributed by atoms with van der Waals surface area (Å²) in [4.78, 5) is 17.3. The van der Waals surface area contributed by atoms with Crippen LogP contribution in [0.3, 0.4) is 0 Å². The highest BCUT2D eigenvalue weighted by Crippen LogP contribution is 2.33. The molecule has 4 rings (SSSR count). The molecule has 2 heterocycles. The normalized spacial score (nSPS) is 12.0. The first-order valence-electron chi connectivity index (χ1n) is 9.93. The molecule has 0 N–H and O–H groups in total. The van der Waals surface area contributed by atoms with Gasteiger partial charge in [-0.1, -0.05) is 36.4 Å². The van der Waals surface area contributed by atoms with Crippen LogP contribution < -0.4 is 0 Å². The van der Waals surface area contributed by atoms with E-state index in [2.05, 4.69) is 34.2 Å². The molecular formula is C25H23N3O2. The Balaban J connectivity index is 1.69. The molecule has 0 radical (unpaired) electrons. The van der Waals surface area contributed by atoms with Crippen molar-refractivity contribution < 1.29 is 9.21 Å². The molecule has 2 aromatic carbocycles. The molecule has 0 amide bonds. The van der Waals surface area contributed by atoms with Gasteiger partial charge in [-0.15, -0.1) is 10.2 Å². The van der Waals surface area contributed by atoms with Crippen molar-refractivity contribution in [2.75, 3.05) is 0 Å². The summed E-state index contributed by atoms with van der Waals surface area (Å²) in [6, 6.07) is 19.9. The van der Waals surface area contributed by atoms with Crippen LogP contribution in [0, 0.1) is 20.8 Å². The Hall–Kier alpha value is -3.60. The Kier molecular flexibility index (Phi) is 5.53. The molecule has 0 saturated carbocycles. The summed E-state index contributed by atoms with van der Waals surface area (Å²) < 4.78 is 5.52. The molecule has 0 spiro atoms. The molecule has 0 saturated heterocycles. The number of nitrogens with zero attached hydrogens (tertiary/aromatic N) is 3. The average molecular weight is 397 g/mol. The molecule has 4 aromatic rings. The maximum Gasteiger partial charge on any atom is 0.247 e. The van der Waals surface area contributed by atoms with E-state index in [0.29, 0.717) is 23.8 Å². The number of rotatable bonds is 6. The lowest BCUT2D eigenvalue weighted by Crippen LogP contribution is -2.11.